The van der Waals surface area contributed by atoms with Gasteiger partial charge in [-0.1, -0.05) is 35.5 Å². The predicted octanol–water partition coefficient (Wildman–Crippen LogP) is 2.75. The summed E-state index contributed by atoms with van der Waals surface area (Å²) in [5, 5.41) is 24.4. The zero-order valence-electron chi connectivity index (χ0n) is 12.3. The van der Waals surface area contributed by atoms with Crippen molar-refractivity contribution >= 4 is 35.0 Å². The second kappa shape index (κ2) is 7.33. The van der Waals surface area contributed by atoms with Crippen molar-refractivity contribution in [1.82, 2.24) is 20.2 Å². The molecule has 0 spiro atoms. The Bertz CT molecular complexity index is 853. The van der Waals surface area contributed by atoms with Crippen molar-refractivity contribution in [2.24, 2.45) is 0 Å². The maximum atomic E-state index is 12.1. The SMILES string of the molecule is O=C(CSc1nnnn1-c1ccc(O)cc1)Nc1ccccc1Cl. The maximum absolute atomic E-state index is 12.1. The number of thioether (sulfide) groups is 1. The van der Waals surface area contributed by atoms with Gasteiger partial charge in [0.2, 0.25) is 11.1 Å². The number of nitrogens with one attached hydrogen (secondary N) is 1. The third-order valence-electron chi connectivity index (χ3n) is 3.02. The molecule has 0 atom stereocenters. The van der Waals surface area contributed by atoms with Gasteiger partial charge in [-0.15, -0.1) is 5.10 Å². The van der Waals surface area contributed by atoms with E-state index < -0.39 is 0 Å². The van der Waals surface area contributed by atoms with Crippen molar-refractivity contribution < 1.29 is 9.90 Å². The fourth-order valence-corrected chi connectivity index (χ4v) is 2.78. The topological polar surface area (TPSA) is 92.9 Å². The number of para-hydroxylation sites is 1. The minimum absolute atomic E-state index is 0.129. The highest BCUT2D eigenvalue weighted by Gasteiger charge is 2.12. The van der Waals surface area contributed by atoms with Gasteiger partial charge in [0.25, 0.3) is 0 Å². The molecule has 122 valence electrons. The molecule has 2 aromatic carbocycles. The lowest BCUT2D eigenvalue weighted by atomic mass is 10.3. The molecule has 1 heterocycles. The number of nitrogens with zero attached hydrogens (tertiary/aromatic N) is 4. The Balaban J connectivity index is 1.65. The van der Waals surface area contributed by atoms with Crippen molar-refractivity contribution in [2.45, 2.75) is 5.16 Å². The van der Waals surface area contributed by atoms with Crippen LogP contribution in [-0.2, 0) is 4.79 Å². The summed E-state index contributed by atoms with van der Waals surface area (Å²) in [5.41, 5.74) is 1.25. The zero-order chi connectivity index (χ0) is 16.9. The molecule has 7 nitrogen and oxygen atoms in total. The number of phenols is 1. The summed E-state index contributed by atoms with van der Waals surface area (Å²) in [6, 6.07) is 13.4. The lowest BCUT2D eigenvalue weighted by Crippen LogP contribution is -2.14. The Hall–Kier alpha value is -2.58. The molecule has 0 aliphatic rings. The number of hydrogen-bond donors (Lipinski definition) is 2. The van der Waals surface area contributed by atoms with Crippen LogP contribution in [-0.4, -0.2) is 37.0 Å². The van der Waals surface area contributed by atoms with Crippen molar-refractivity contribution in [3.63, 3.8) is 0 Å². The molecule has 0 saturated heterocycles. The summed E-state index contributed by atoms with van der Waals surface area (Å²) >= 11 is 7.20. The molecule has 0 unspecified atom stereocenters. The van der Waals surface area contributed by atoms with Gasteiger partial charge >= 0.3 is 0 Å². The average molecular weight is 362 g/mol. The van der Waals surface area contributed by atoms with E-state index >= 15 is 0 Å². The minimum atomic E-state index is -0.214. The zero-order valence-corrected chi connectivity index (χ0v) is 13.8. The first-order valence-corrected chi connectivity index (χ1v) is 8.25. The number of hydrogen-bond acceptors (Lipinski definition) is 6. The molecule has 3 aromatic rings. The van der Waals surface area contributed by atoms with E-state index in [0.717, 1.165) is 0 Å². The minimum Gasteiger partial charge on any atom is -0.508 e. The Kier molecular flexibility index (Phi) is 4.97. The number of carbonyl (C=O) groups is 1. The Labute approximate surface area is 146 Å². The maximum Gasteiger partial charge on any atom is 0.234 e. The number of halogens is 1. The molecule has 1 aromatic heterocycles. The van der Waals surface area contributed by atoms with Gasteiger partial charge in [0, 0.05) is 0 Å². The lowest BCUT2D eigenvalue weighted by Gasteiger charge is -2.07. The molecule has 1 amide bonds. The normalized spacial score (nSPS) is 10.5. The molecule has 0 aliphatic carbocycles. The van der Waals surface area contributed by atoms with Crippen LogP contribution in [0.5, 0.6) is 5.75 Å². The second-order valence-electron chi connectivity index (χ2n) is 4.71. The van der Waals surface area contributed by atoms with Crippen LogP contribution >= 0.6 is 23.4 Å². The fourth-order valence-electron chi connectivity index (χ4n) is 1.90. The number of anilines is 1. The number of benzene rings is 2. The lowest BCUT2D eigenvalue weighted by molar-refractivity contribution is -0.113. The molecular weight excluding hydrogens is 350 g/mol. The number of aromatic hydroxyl groups is 1. The van der Waals surface area contributed by atoms with Crippen LogP contribution in [0.15, 0.2) is 53.7 Å². The van der Waals surface area contributed by atoms with Crippen LogP contribution in [0.4, 0.5) is 5.69 Å². The van der Waals surface area contributed by atoms with Gasteiger partial charge in [0.1, 0.15) is 5.75 Å². The van der Waals surface area contributed by atoms with Gasteiger partial charge in [-0.25, -0.2) is 0 Å². The second-order valence-corrected chi connectivity index (χ2v) is 6.06. The molecule has 0 bridgehead atoms. The van der Waals surface area contributed by atoms with E-state index in [9.17, 15) is 9.90 Å². The van der Waals surface area contributed by atoms with Crippen LogP contribution < -0.4 is 5.32 Å². The van der Waals surface area contributed by atoms with Gasteiger partial charge in [-0.2, -0.15) is 4.68 Å². The van der Waals surface area contributed by atoms with E-state index in [-0.39, 0.29) is 17.4 Å². The average Bonchev–Trinajstić information content (AvgIpc) is 3.04. The van der Waals surface area contributed by atoms with Crippen molar-refractivity contribution in [1.29, 1.82) is 0 Å². The first-order valence-electron chi connectivity index (χ1n) is 6.88. The van der Waals surface area contributed by atoms with Gasteiger partial charge in [-0.3, -0.25) is 4.79 Å². The first kappa shape index (κ1) is 16.3. The summed E-state index contributed by atoms with van der Waals surface area (Å²) in [6.45, 7) is 0. The van der Waals surface area contributed by atoms with E-state index in [1.807, 2.05) is 0 Å². The number of rotatable bonds is 5. The molecule has 0 fully saturated rings. The van der Waals surface area contributed by atoms with E-state index in [4.69, 9.17) is 11.6 Å². The number of phenolic OH excluding ortho intramolecular Hbond substituents is 1. The standard InChI is InChI=1S/C15H12ClN5O2S/c16-12-3-1-2-4-13(12)17-14(23)9-24-15-18-19-20-21(15)10-5-7-11(22)8-6-10/h1-8,22H,9H2,(H,17,23). The van der Waals surface area contributed by atoms with E-state index in [1.165, 1.54) is 28.6 Å². The van der Waals surface area contributed by atoms with Gasteiger partial charge < -0.3 is 10.4 Å². The quantitative estimate of drug-likeness (QED) is 0.679. The van der Waals surface area contributed by atoms with Crippen LogP contribution in [0.3, 0.4) is 0 Å². The summed E-state index contributed by atoms with van der Waals surface area (Å²) < 4.78 is 1.49. The monoisotopic (exact) mass is 361 g/mol. The number of carbonyl (C=O) groups excluding carboxylic acids is 1. The fraction of sp³-hybridized carbons (Fsp3) is 0.0667. The van der Waals surface area contributed by atoms with Crippen LogP contribution in [0.2, 0.25) is 5.02 Å². The summed E-state index contributed by atoms with van der Waals surface area (Å²) in [6.07, 6.45) is 0. The molecule has 9 heteroatoms. The molecule has 24 heavy (non-hydrogen) atoms. The highest BCUT2D eigenvalue weighted by atomic mass is 35.5. The molecule has 0 saturated carbocycles. The smallest absolute Gasteiger partial charge is 0.234 e. The van der Waals surface area contributed by atoms with Gasteiger partial charge in [0.05, 0.1) is 22.2 Å². The van der Waals surface area contributed by atoms with E-state index in [2.05, 4.69) is 20.8 Å². The number of amides is 1. The number of tetrazole rings is 1. The van der Waals surface area contributed by atoms with Gasteiger partial charge in [-0.05, 0) is 46.8 Å². The van der Waals surface area contributed by atoms with Gasteiger partial charge in [0.15, 0.2) is 0 Å². The van der Waals surface area contributed by atoms with Crippen LogP contribution in [0, 0.1) is 0 Å². The first-order chi connectivity index (χ1) is 11.6. The van der Waals surface area contributed by atoms with E-state index in [1.54, 1.807) is 36.4 Å². The molecule has 2 N–H and O–H groups in total. The molecule has 0 radical (unpaired) electrons. The van der Waals surface area contributed by atoms with Crippen LogP contribution in [0.25, 0.3) is 5.69 Å². The molecule has 0 aliphatic heterocycles. The summed E-state index contributed by atoms with van der Waals surface area (Å²) in [4.78, 5) is 12.1. The van der Waals surface area contributed by atoms with E-state index in [0.29, 0.717) is 21.6 Å². The molecule has 3 rings (SSSR count). The summed E-state index contributed by atoms with van der Waals surface area (Å²) in [7, 11) is 0. The highest BCUT2D eigenvalue weighted by molar-refractivity contribution is 7.99. The molecular formula is C15H12ClN5O2S. The Morgan fingerprint density at radius 2 is 1.96 bits per heavy atom. The van der Waals surface area contributed by atoms with Crippen molar-refractivity contribution in [2.75, 3.05) is 11.1 Å². The van der Waals surface area contributed by atoms with Crippen molar-refractivity contribution in [3.05, 3.63) is 53.6 Å². The Morgan fingerprint density at radius 1 is 1.21 bits per heavy atom. The highest BCUT2D eigenvalue weighted by Crippen LogP contribution is 2.22. The Morgan fingerprint density at radius 3 is 2.71 bits per heavy atom. The summed E-state index contributed by atoms with van der Waals surface area (Å²) in [5.74, 6) is 0.0671. The third kappa shape index (κ3) is 3.84. The predicted molar refractivity (Wildman–Crippen MR) is 91.6 cm³/mol. The third-order valence-corrected chi connectivity index (χ3v) is 4.26. The largest absolute Gasteiger partial charge is 0.508 e. The number of aromatic nitrogens is 4. The van der Waals surface area contributed by atoms with Crippen LogP contribution in [0.1, 0.15) is 0 Å². The van der Waals surface area contributed by atoms with Crippen molar-refractivity contribution in [3.8, 4) is 11.4 Å².